The van der Waals surface area contributed by atoms with Crippen LogP contribution in [0.4, 0.5) is 0 Å². The van der Waals surface area contributed by atoms with E-state index < -0.39 is 0 Å². The van der Waals surface area contributed by atoms with Crippen molar-refractivity contribution in [2.75, 3.05) is 33.4 Å². The molecule has 3 heteroatoms. The molecular weight excluding hydrogens is 142 g/mol. The highest BCUT2D eigenvalue weighted by Gasteiger charge is 2.20. The van der Waals surface area contributed by atoms with Crippen molar-refractivity contribution >= 4 is 6.29 Å². The van der Waals surface area contributed by atoms with Gasteiger partial charge >= 0.3 is 0 Å². The molecule has 1 atom stereocenters. The average molecular weight is 157 g/mol. The molecule has 1 saturated heterocycles. The lowest BCUT2D eigenvalue weighted by molar-refractivity contribution is -0.110. The summed E-state index contributed by atoms with van der Waals surface area (Å²) in [5, 5.41) is 0. The van der Waals surface area contributed by atoms with Gasteiger partial charge in [-0.05, 0) is 13.0 Å². The highest BCUT2D eigenvalue weighted by Crippen LogP contribution is 2.12. The lowest BCUT2D eigenvalue weighted by Crippen LogP contribution is -2.24. The van der Waals surface area contributed by atoms with Crippen LogP contribution in [0.1, 0.15) is 6.42 Å². The van der Waals surface area contributed by atoms with Crippen LogP contribution in [0.5, 0.6) is 0 Å². The Morgan fingerprint density at radius 2 is 2.55 bits per heavy atom. The van der Waals surface area contributed by atoms with E-state index >= 15 is 0 Å². The Labute approximate surface area is 67.3 Å². The molecule has 11 heavy (non-hydrogen) atoms. The van der Waals surface area contributed by atoms with E-state index in [4.69, 9.17) is 4.74 Å². The molecule has 0 aromatic heterocycles. The summed E-state index contributed by atoms with van der Waals surface area (Å²) in [4.78, 5) is 12.6. The first-order valence-electron chi connectivity index (χ1n) is 4.03. The van der Waals surface area contributed by atoms with Crippen LogP contribution in [0.15, 0.2) is 0 Å². The van der Waals surface area contributed by atoms with Crippen LogP contribution in [0.2, 0.25) is 0 Å². The lowest BCUT2D eigenvalue weighted by atomic mass is 10.1. The zero-order valence-corrected chi connectivity index (χ0v) is 6.95. The minimum Gasteiger partial charge on any atom is -0.383 e. The minimum absolute atomic E-state index is 0.270. The Morgan fingerprint density at radius 1 is 1.73 bits per heavy atom. The van der Waals surface area contributed by atoms with Crippen molar-refractivity contribution in [1.82, 2.24) is 4.90 Å². The first-order chi connectivity index (χ1) is 5.36. The van der Waals surface area contributed by atoms with Gasteiger partial charge in [-0.25, -0.2) is 0 Å². The van der Waals surface area contributed by atoms with Crippen molar-refractivity contribution in [1.29, 1.82) is 0 Å². The third-order valence-corrected chi connectivity index (χ3v) is 2.11. The van der Waals surface area contributed by atoms with Crippen LogP contribution in [-0.2, 0) is 9.53 Å². The fourth-order valence-corrected chi connectivity index (χ4v) is 1.40. The maximum absolute atomic E-state index is 10.4. The van der Waals surface area contributed by atoms with Gasteiger partial charge in [0.2, 0.25) is 0 Å². The van der Waals surface area contributed by atoms with Gasteiger partial charge in [-0.15, -0.1) is 0 Å². The fourth-order valence-electron chi connectivity index (χ4n) is 1.40. The molecule has 0 unspecified atom stereocenters. The van der Waals surface area contributed by atoms with Gasteiger partial charge < -0.3 is 14.4 Å². The SMILES string of the molecule is COCCN1CC[C@H](C=O)C1. The summed E-state index contributed by atoms with van der Waals surface area (Å²) in [6.07, 6.45) is 2.08. The van der Waals surface area contributed by atoms with E-state index in [9.17, 15) is 4.79 Å². The maximum atomic E-state index is 10.4. The summed E-state index contributed by atoms with van der Waals surface area (Å²) >= 11 is 0. The summed E-state index contributed by atoms with van der Waals surface area (Å²) in [7, 11) is 1.70. The maximum Gasteiger partial charge on any atom is 0.124 e. The van der Waals surface area contributed by atoms with Gasteiger partial charge in [0.15, 0.2) is 0 Å². The third-order valence-electron chi connectivity index (χ3n) is 2.11. The first-order valence-corrected chi connectivity index (χ1v) is 4.03. The van der Waals surface area contributed by atoms with Crippen LogP contribution in [0.3, 0.4) is 0 Å². The highest BCUT2D eigenvalue weighted by atomic mass is 16.5. The normalized spacial score (nSPS) is 25.7. The molecule has 1 heterocycles. The number of hydrogen-bond donors (Lipinski definition) is 0. The molecule has 0 aromatic rings. The molecule has 1 aliphatic rings. The molecule has 1 fully saturated rings. The predicted octanol–water partition coefficient (Wildman–Crippen LogP) is 0.154. The molecule has 3 nitrogen and oxygen atoms in total. The van der Waals surface area contributed by atoms with Crippen molar-refractivity contribution in [3.8, 4) is 0 Å². The van der Waals surface area contributed by atoms with Gasteiger partial charge in [-0.1, -0.05) is 0 Å². The molecule has 1 rings (SSSR count). The van der Waals surface area contributed by atoms with E-state index in [0.29, 0.717) is 0 Å². The predicted molar refractivity (Wildman–Crippen MR) is 42.5 cm³/mol. The van der Waals surface area contributed by atoms with Crippen molar-refractivity contribution in [2.45, 2.75) is 6.42 Å². The van der Waals surface area contributed by atoms with Gasteiger partial charge in [0.25, 0.3) is 0 Å². The van der Waals surface area contributed by atoms with E-state index in [1.165, 1.54) is 0 Å². The summed E-state index contributed by atoms with van der Waals surface area (Å²) in [6, 6.07) is 0. The standard InChI is InChI=1S/C8H15NO2/c1-11-5-4-9-3-2-8(6-9)7-10/h7-8H,2-6H2,1H3/t8-/m0/s1. The summed E-state index contributed by atoms with van der Waals surface area (Å²) in [5.74, 6) is 0.270. The smallest absolute Gasteiger partial charge is 0.124 e. The zero-order chi connectivity index (χ0) is 8.10. The second-order valence-corrected chi connectivity index (χ2v) is 2.98. The number of carbonyl (C=O) groups is 1. The van der Waals surface area contributed by atoms with Crippen LogP contribution < -0.4 is 0 Å². The van der Waals surface area contributed by atoms with Gasteiger partial charge in [0.1, 0.15) is 6.29 Å². The highest BCUT2D eigenvalue weighted by molar-refractivity contribution is 5.54. The molecule has 64 valence electrons. The van der Waals surface area contributed by atoms with Gasteiger partial charge in [-0.2, -0.15) is 0 Å². The number of likely N-dealkylation sites (tertiary alicyclic amines) is 1. The van der Waals surface area contributed by atoms with E-state index in [1.54, 1.807) is 7.11 Å². The topological polar surface area (TPSA) is 29.5 Å². The quantitative estimate of drug-likeness (QED) is 0.544. The number of hydrogen-bond acceptors (Lipinski definition) is 3. The number of nitrogens with zero attached hydrogens (tertiary/aromatic N) is 1. The van der Waals surface area contributed by atoms with Crippen LogP contribution >= 0.6 is 0 Å². The zero-order valence-electron chi connectivity index (χ0n) is 6.95. The summed E-state index contributed by atoms with van der Waals surface area (Å²) in [6.45, 7) is 3.70. The number of ether oxygens (including phenoxy) is 1. The largest absolute Gasteiger partial charge is 0.383 e. The van der Waals surface area contributed by atoms with Crippen molar-refractivity contribution in [3.05, 3.63) is 0 Å². The Balaban J connectivity index is 2.14. The van der Waals surface area contributed by atoms with Gasteiger partial charge in [0.05, 0.1) is 6.61 Å². The molecule has 0 spiro atoms. The molecule has 0 bridgehead atoms. The van der Waals surface area contributed by atoms with Crippen molar-refractivity contribution in [2.24, 2.45) is 5.92 Å². The van der Waals surface area contributed by atoms with Crippen LogP contribution in [0.25, 0.3) is 0 Å². The molecular formula is C8H15NO2. The molecule has 0 N–H and O–H groups in total. The molecule has 0 aromatic carbocycles. The van der Waals surface area contributed by atoms with E-state index in [2.05, 4.69) is 4.90 Å². The van der Waals surface area contributed by atoms with E-state index in [1.807, 2.05) is 0 Å². The molecule has 0 amide bonds. The Bertz CT molecular complexity index is 127. The van der Waals surface area contributed by atoms with E-state index in [0.717, 1.165) is 38.9 Å². The second-order valence-electron chi connectivity index (χ2n) is 2.98. The van der Waals surface area contributed by atoms with Crippen LogP contribution in [0, 0.1) is 5.92 Å². The molecule has 0 aliphatic carbocycles. The average Bonchev–Trinajstić information content (AvgIpc) is 2.48. The number of carbonyl (C=O) groups excluding carboxylic acids is 1. The number of methoxy groups -OCH3 is 1. The van der Waals surface area contributed by atoms with E-state index in [-0.39, 0.29) is 5.92 Å². The van der Waals surface area contributed by atoms with Crippen molar-refractivity contribution < 1.29 is 9.53 Å². The summed E-state index contributed by atoms with van der Waals surface area (Å²) in [5.41, 5.74) is 0. The third kappa shape index (κ3) is 2.60. The first kappa shape index (κ1) is 8.68. The Morgan fingerprint density at radius 3 is 3.09 bits per heavy atom. The number of aldehydes is 1. The molecule has 0 saturated carbocycles. The number of rotatable bonds is 4. The van der Waals surface area contributed by atoms with Gasteiger partial charge in [-0.3, -0.25) is 0 Å². The van der Waals surface area contributed by atoms with Gasteiger partial charge in [0, 0.05) is 26.1 Å². The molecule has 1 aliphatic heterocycles. The minimum atomic E-state index is 0.270. The van der Waals surface area contributed by atoms with Crippen molar-refractivity contribution in [3.63, 3.8) is 0 Å². The fraction of sp³-hybridized carbons (Fsp3) is 0.875. The lowest BCUT2D eigenvalue weighted by Gasteiger charge is -2.13. The Hall–Kier alpha value is -0.410. The summed E-state index contributed by atoms with van der Waals surface area (Å²) < 4.78 is 4.94. The Kier molecular flexibility index (Phi) is 3.52. The second kappa shape index (κ2) is 4.46. The van der Waals surface area contributed by atoms with Crippen LogP contribution in [-0.4, -0.2) is 44.5 Å². The molecule has 0 radical (unpaired) electrons. The monoisotopic (exact) mass is 157 g/mol.